The molecule has 1 aliphatic rings. The molecule has 1 aliphatic carbocycles. The van der Waals surface area contributed by atoms with Crippen molar-refractivity contribution in [1.82, 2.24) is 9.97 Å². The van der Waals surface area contributed by atoms with Crippen molar-refractivity contribution in [3.8, 4) is 6.07 Å². The maximum absolute atomic E-state index is 9.52. The van der Waals surface area contributed by atoms with Crippen LogP contribution >= 0.6 is 11.6 Å². The third-order valence-electron chi connectivity index (χ3n) is 3.99. The van der Waals surface area contributed by atoms with E-state index in [1.54, 1.807) is 12.4 Å². The number of aryl methyl sites for hydroxylation is 1. The zero-order chi connectivity index (χ0) is 14.9. The molecule has 1 fully saturated rings. The van der Waals surface area contributed by atoms with Gasteiger partial charge in [-0.2, -0.15) is 5.26 Å². The van der Waals surface area contributed by atoms with Crippen LogP contribution in [0.2, 0.25) is 5.15 Å². The molecule has 0 aromatic carbocycles. The van der Waals surface area contributed by atoms with E-state index < -0.39 is 5.41 Å². The molecule has 3 rings (SSSR count). The minimum absolute atomic E-state index is 0.254. The van der Waals surface area contributed by atoms with Gasteiger partial charge in [-0.25, -0.2) is 4.98 Å². The molecule has 0 spiro atoms. The van der Waals surface area contributed by atoms with Gasteiger partial charge < -0.3 is 5.32 Å². The summed E-state index contributed by atoms with van der Waals surface area (Å²) in [4.78, 5) is 8.38. The lowest BCUT2D eigenvalue weighted by molar-refractivity contribution is 0.282. The van der Waals surface area contributed by atoms with Crippen LogP contribution < -0.4 is 5.32 Å². The number of anilines is 1. The predicted octanol–water partition coefficient (Wildman–Crippen LogP) is 3.47. The molecule has 0 amide bonds. The average molecular weight is 299 g/mol. The lowest BCUT2D eigenvalue weighted by Crippen LogP contribution is -2.48. The number of nitrogens with one attached hydrogen (secondary N) is 1. The smallest absolute Gasteiger partial charge is 0.131 e. The summed E-state index contributed by atoms with van der Waals surface area (Å²) in [5.74, 6) is 0. The third-order valence-corrected chi connectivity index (χ3v) is 4.20. The Kier molecular flexibility index (Phi) is 3.52. The normalized spacial score (nSPS) is 24.0. The summed E-state index contributed by atoms with van der Waals surface area (Å²) in [5.41, 5.74) is 2.42. The molecule has 0 atom stereocenters. The second kappa shape index (κ2) is 5.34. The second-order valence-corrected chi connectivity index (χ2v) is 5.87. The fourth-order valence-electron chi connectivity index (χ4n) is 2.76. The van der Waals surface area contributed by atoms with Gasteiger partial charge in [0.05, 0.1) is 11.8 Å². The predicted molar refractivity (Wildman–Crippen MR) is 82.2 cm³/mol. The van der Waals surface area contributed by atoms with Crippen LogP contribution in [0.5, 0.6) is 0 Å². The third kappa shape index (κ3) is 2.57. The number of hydrogen-bond acceptors (Lipinski definition) is 4. The Bertz CT molecular complexity index is 687. The number of nitriles is 1. The van der Waals surface area contributed by atoms with Crippen molar-refractivity contribution in [1.29, 1.82) is 5.26 Å². The SMILES string of the molecule is Cc1cnc(Cl)cc1N[C@H]1C[C@](C#N)(c2ccccn2)C1. The molecular weight excluding hydrogens is 284 g/mol. The highest BCUT2D eigenvalue weighted by Crippen LogP contribution is 2.44. The van der Waals surface area contributed by atoms with Gasteiger partial charge in [-0.1, -0.05) is 17.7 Å². The molecule has 1 N–H and O–H groups in total. The van der Waals surface area contributed by atoms with E-state index in [9.17, 15) is 5.26 Å². The standard InChI is InChI=1S/C16H15ClN4/c1-11-9-20-15(17)6-13(11)21-12-7-16(8-12,10-18)14-4-2-3-5-19-14/h2-6,9,12H,7-8H2,1H3,(H,20,21)/t12-,16-. The van der Waals surface area contributed by atoms with E-state index in [1.165, 1.54) is 0 Å². The Balaban J connectivity index is 1.73. The Morgan fingerprint density at radius 3 is 2.86 bits per heavy atom. The summed E-state index contributed by atoms with van der Waals surface area (Å²) in [6, 6.07) is 10.2. The minimum Gasteiger partial charge on any atom is -0.382 e. The molecule has 2 aromatic rings. The van der Waals surface area contributed by atoms with E-state index >= 15 is 0 Å². The minimum atomic E-state index is -0.469. The molecule has 0 aliphatic heterocycles. The number of nitrogens with zero attached hydrogens (tertiary/aromatic N) is 3. The summed E-state index contributed by atoms with van der Waals surface area (Å²) >= 11 is 5.93. The second-order valence-electron chi connectivity index (χ2n) is 5.48. The molecule has 106 valence electrons. The van der Waals surface area contributed by atoms with Crippen LogP contribution in [-0.4, -0.2) is 16.0 Å². The van der Waals surface area contributed by atoms with E-state index in [2.05, 4.69) is 21.4 Å². The molecule has 4 nitrogen and oxygen atoms in total. The molecule has 1 saturated carbocycles. The molecule has 0 saturated heterocycles. The van der Waals surface area contributed by atoms with Gasteiger partial charge in [0, 0.05) is 24.1 Å². The van der Waals surface area contributed by atoms with Crippen molar-refractivity contribution < 1.29 is 0 Å². The van der Waals surface area contributed by atoms with Gasteiger partial charge in [-0.05, 0) is 43.5 Å². The first-order valence-corrected chi connectivity index (χ1v) is 7.22. The zero-order valence-electron chi connectivity index (χ0n) is 11.7. The van der Waals surface area contributed by atoms with Gasteiger partial charge in [-0.3, -0.25) is 4.98 Å². The van der Waals surface area contributed by atoms with Crippen LogP contribution in [0.15, 0.2) is 36.7 Å². The Hall–Kier alpha value is -2.12. The Labute approximate surface area is 128 Å². The number of aromatic nitrogens is 2. The van der Waals surface area contributed by atoms with Gasteiger partial charge in [0.15, 0.2) is 0 Å². The van der Waals surface area contributed by atoms with Crippen LogP contribution in [-0.2, 0) is 5.41 Å². The Morgan fingerprint density at radius 1 is 1.38 bits per heavy atom. The van der Waals surface area contributed by atoms with Gasteiger partial charge in [0.25, 0.3) is 0 Å². The summed E-state index contributed by atoms with van der Waals surface area (Å²) in [7, 11) is 0. The van der Waals surface area contributed by atoms with Crippen LogP contribution in [0.1, 0.15) is 24.1 Å². The largest absolute Gasteiger partial charge is 0.382 e. The number of hydrogen-bond donors (Lipinski definition) is 1. The molecule has 21 heavy (non-hydrogen) atoms. The average Bonchev–Trinajstić information content (AvgIpc) is 2.47. The maximum Gasteiger partial charge on any atom is 0.131 e. The lowest BCUT2D eigenvalue weighted by Gasteiger charge is -2.43. The molecule has 0 bridgehead atoms. The van der Waals surface area contributed by atoms with Crippen molar-refractivity contribution in [3.05, 3.63) is 53.1 Å². The zero-order valence-corrected chi connectivity index (χ0v) is 12.4. The first-order chi connectivity index (χ1) is 10.1. The highest BCUT2D eigenvalue weighted by atomic mass is 35.5. The van der Waals surface area contributed by atoms with Crippen molar-refractivity contribution in [2.45, 2.75) is 31.2 Å². The van der Waals surface area contributed by atoms with Crippen LogP contribution in [0, 0.1) is 18.3 Å². The summed E-state index contributed by atoms with van der Waals surface area (Å²) in [6.45, 7) is 1.99. The number of halogens is 1. The van der Waals surface area contributed by atoms with Crippen molar-refractivity contribution in [2.24, 2.45) is 0 Å². The highest BCUT2D eigenvalue weighted by molar-refractivity contribution is 6.29. The first-order valence-electron chi connectivity index (χ1n) is 6.84. The summed E-state index contributed by atoms with van der Waals surface area (Å²) < 4.78 is 0. The molecule has 0 unspecified atom stereocenters. The van der Waals surface area contributed by atoms with E-state index in [0.717, 1.165) is 29.8 Å². The van der Waals surface area contributed by atoms with E-state index in [4.69, 9.17) is 11.6 Å². The number of pyridine rings is 2. The molecular formula is C16H15ClN4. The van der Waals surface area contributed by atoms with Gasteiger partial charge in [0.1, 0.15) is 10.6 Å². The van der Waals surface area contributed by atoms with Crippen LogP contribution in [0.3, 0.4) is 0 Å². The molecule has 0 radical (unpaired) electrons. The fourth-order valence-corrected chi connectivity index (χ4v) is 2.92. The molecule has 2 heterocycles. The van der Waals surface area contributed by atoms with Gasteiger partial charge >= 0.3 is 0 Å². The highest BCUT2D eigenvalue weighted by Gasteiger charge is 2.47. The number of rotatable bonds is 3. The van der Waals surface area contributed by atoms with Gasteiger partial charge in [-0.15, -0.1) is 0 Å². The lowest BCUT2D eigenvalue weighted by atomic mass is 9.64. The quantitative estimate of drug-likeness (QED) is 0.881. The fraction of sp³-hybridized carbons (Fsp3) is 0.312. The van der Waals surface area contributed by atoms with E-state index in [0.29, 0.717) is 5.15 Å². The molecule has 5 heteroatoms. The monoisotopic (exact) mass is 298 g/mol. The van der Waals surface area contributed by atoms with E-state index in [-0.39, 0.29) is 6.04 Å². The summed E-state index contributed by atoms with van der Waals surface area (Å²) in [6.07, 6.45) is 4.99. The maximum atomic E-state index is 9.52. The van der Waals surface area contributed by atoms with Crippen LogP contribution in [0.4, 0.5) is 5.69 Å². The summed E-state index contributed by atoms with van der Waals surface area (Å²) in [5, 5.41) is 13.4. The van der Waals surface area contributed by atoms with Crippen molar-refractivity contribution in [2.75, 3.05) is 5.32 Å². The van der Waals surface area contributed by atoms with Crippen LogP contribution in [0.25, 0.3) is 0 Å². The first kappa shape index (κ1) is 13.8. The topological polar surface area (TPSA) is 61.6 Å². The Morgan fingerprint density at radius 2 is 2.19 bits per heavy atom. The van der Waals surface area contributed by atoms with E-state index in [1.807, 2.05) is 31.2 Å². The van der Waals surface area contributed by atoms with Crippen molar-refractivity contribution >= 4 is 17.3 Å². The van der Waals surface area contributed by atoms with Crippen molar-refractivity contribution in [3.63, 3.8) is 0 Å². The molecule has 2 aromatic heterocycles. The van der Waals surface area contributed by atoms with Gasteiger partial charge in [0.2, 0.25) is 0 Å².